The molecule has 112 valence electrons. The molecule has 0 bridgehead atoms. The summed E-state index contributed by atoms with van der Waals surface area (Å²) in [7, 11) is -4.05. The Bertz CT molecular complexity index is 787. The molecular formula is C11H10FN3O5S. The number of rotatable bonds is 4. The summed E-state index contributed by atoms with van der Waals surface area (Å²) in [4.78, 5) is 11.3. The number of ether oxygens (including phenoxy) is 1. The molecule has 8 nitrogen and oxygen atoms in total. The third kappa shape index (κ3) is 3.61. The standard InChI is InChI=1S/C11H10FN3O5S/c1-6-14-15-10(20-6)5-19-11(16)8-4-7(21(13,17)18)2-3-9(8)12/h2-4H,5H2,1H3,(H2,13,17,18). The van der Waals surface area contributed by atoms with Gasteiger partial charge in [0.1, 0.15) is 5.82 Å². The summed E-state index contributed by atoms with van der Waals surface area (Å²) >= 11 is 0. The molecule has 21 heavy (non-hydrogen) atoms. The lowest BCUT2D eigenvalue weighted by Gasteiger charge is -2.05. The molecule has 0 aliphatic carbocycles. The second-order valence-corrected chi connectivity index (χ2v) is 5.54. The van der Waals surface area contributed by atoms with Crippen LogP contribution in [0.3, 0.4) is 0 Å². The number of nitrogens with two attached hydrogens (primary N) is 1. The average molecular weight is 315 g/mol. The normalized spacial score (nSPS) is 11.4. The van der Waals surface area contributed by atoms with Crippen LogP contribution in [-0.2, 0) is 21.4 Å². The maximum absolute atomic E-state index is 13.6. The van der Waals surface area contributed by atoms with Crippen molar-refractivity contribution in [2.75, 3.05) is 0 Å². The number of halogens is 1. The Morgan fingerprint density at radius 2 is 2.14 bits per heavy atom. The molecule has 0 amide bonds. The number of nitrogens with zero attached hydrogens (tertiary/aromatic N) is 2. The van der Waals surface area contributed by atoms with Crippen LogP contribution in [0, 0.1) is 12.7 Å². The molecule has 0 unspecified atom stereocenters. The van der Waals surface area contributed by atoms with Crippen molar-refractivity contribution in [3.05, 3.63) is 41.4 Å². The predicted molar refractivity (Wildman–Crippen MR) is 65.9 cm³/mol. The van der Waals surface area contributed by atoms with Crippen LogP contribution >= 0.6 is 0 Å². The summed E-state index contributed by atoms with van der Waals surface area (Å²) in [5.41, 5.74) is -0.558. The molecule has 0 atom stereocenters. The first-order chi connectivity index (χ1) is 9.77. The van der Waals surface area contributed by atoms with Crippen LogP contribution < -0.4 is 5.14 Å². The van der Waals surface area contributed by atoms with Crippen molar-refractivity contribution >= 4 is 16.0 Å². The lowest BCUT2D eigenvalue weighted by Crippen LogP contribution is -2.14. The number of carbonyl (C=O) groups is 1. The first-order valence-corrected chi connectivity index (χ1v) is 7.10. The Labute approximate surface area is 118 Å². The van der Waals surface area contributed by atoms with Crippen LogP contribution in [0.2, 0.25) is 0 Å². The summed E-state index contributed by atoms with van der Waals surface area (Å²) < 4.78 is 45.6. The molecule has 10 heteroatoms. The highest BCUT2D eigenvalue weighted by Gasteiger charge is 2.18. The molecule has 2 N–H and O–H groups in total. The Morgan fingerprint density at radius 1 is 1.43 bits per heavy atom. The smallest absolute Gasteiger partial charge is 0.341 e. The number of benzene rings is 1. The molecule has 1 aromatic heterocycles. The fourth-order valence-corrected chi connectivity index (χ4v) is 1.98. The van der Waals surface area contributed by atoms with Gasteiger partial charge in [0, 0.05) is 6.92 Å². The van der Waals surface area contributed by atoms with E-state index in [1.165, 1.54) is 0 Å². The SMILES string of the molecule is Cc1nnc(COC(=O)c2cc(S(N)(=O)=O)ccc2F)o1. The second kappa shape index (κ2) is 5.58. The Balaban J connectivity index is 2.18. The fraction of sp³-hybridized carbons (Fsp3) is 0.182. The molecule has 2 aromatic rings. The van der Waals surface area contributed by atoms with E-state index in [4.69, 9.17) is 14.3 Å². The van der Waals surface area contributed by atoms with Crippen molar-refractivity contribution in [1.29, 1.82) is 0 Å². The first-order valence-electron chi connectivity index (χ1n) is 5.56. The van der Waals surface area contributed by atoms with Crippen molar-refractivity contribution in [2.45, 2.75) is 18.4 Å². The number of hydrogen-bond donors (Lipinski definition) is 1. The quantitative estimate of drug-likeness (QED) is 0.815. The third-order valence-electron chi connectivity index (χ3n) is 2.38. The van der Waals surface area contributed by atoms with Crippen molar-refractivity contribution in [3.8, 4) is 0 Å². The summed E-state index contributed by atoms with van der Waals surface area (Å²) in [5.74, 6) is -1.70. The largest absolute Gasteiger partial charge is 0.452 e. The molecule has 0 saturated heterocycles. The van der Waals surface area contributed by atoms with Crippen molar-refractivity contribution in [2.24, 2.45) is 5.14 Å². The van der Waals surface area contributed by atoms with E-state index in [2.05, 4.69) is 10.2 Å². The highest BCUT2D eigenvalue weighted by atomic mass is 32.2. The van der Waals surface area contributed by atoms with Crippen molar-refractivity contribution < 1.29 is 26.8 Å². The van der Waals surface area contributed by atoms with Crippen LogP contribution in [0.1, 0.15) is 22.1 Å². The monoisotopic (exact) mass is 315 g/mol. The number of primary sulfonamides is 1. The lowest BCUT2D eigenvalue weighted by molar-refractivity contribution is 0.0431. The Morgan fingerprint density at radius 3 is 2.71 bits per heavy atom. The number of carbonyl (C=O) groups excluding carboxylic acids is 1. The number of aromatic nitrogens is 2. The van der Waals surface area contributed by atoms with Gasteiger partial charge in [-0.2, -0.15) is 0 Å². The van der Waals surface area contributed by atoms with E-state index in [0.717, 1.165) is 18.2 Å². The van der Waals surface area contributed by atoms with Crippen molar-refractivity contribution in [1.82, 2.24) is 10.2 Å². The predicted octanol–water partition coefficient (Wildman–Crippen LogP) is 0.522. The molecule has 0 saturated carbocycles. The van der Waals surface area contributed by atoms with Gasteiger partial charge >= 0.3 is 5.97 Å². The molecule has 0 aliphatic heterocycles. The maximum atomic E-state index is 13.6. The molecule has 0 aliphatic rings. The van der Waals surface area contributed by atoms with Crippen LogP contribution in [0.15, 0.2) is 27.5 Å². The van der Waals surface area contributed by atoms with Crippen LogP contribution in [0.5, 0.6) is 0 Å². The van der Waals surface area contributed by atoms with E-state index in [9.17, 15) is 17.6 Å². The second-order valence-electron chi connectivity index (χ2n) is 3.98. The maximum Gasteiger partial charge on any atom is 0.341 e. The minimum absolute atomic E-state index is 0.0314. The van der Waals surface area contributed by atoms with Gasteiger partial charge in [0.2, 0.25) is 15.9 Å². The van der Waals surface area contributed by atoms with E-state index in [1.807, 2.05) is 0 Å². The van der Waals surface area contributed by atoms with Gasteiger partial charge in [0.25, 0.3) is 5.89 Å². The summed E-state index contributed by atoms with van der Waals surface area (Å²) in [6, 6.07) is 2.56. The highest BCUT2D eigenvalue weighted by Crippen LogP contribution is 2.15. The zero-order valence-corrected chi connectivity index (χ0v) is 11.6. The van der Waals surface area contributed by atoms with E-state index >= 15 is 0 Å². The fourth-order valence-electron chi connectivity index (χ4n) is 1.44. The first kappa shape index (κ1) is 15.1. The molecule has 0 radical (unpaired) electrons. The van der Waals surface area contributed by atoms with E-state index < -0.39 is 32.3 Å². The minimum atomic E-state index is -4.05. The van der Waals surface area contributed by atoms with Crippen LogP contribution in [0.25, 0.3) is 0 Å². The molecule has 0 spiro atoms. The molecule has 0 fully saturated rings. The van der Waals surface area contributed by atoms with Gasteiger partial charge in [-0.3, -0.25) is 0 Å². The Kier molecular flexibility index (Phi) is 4.00. The third-order valence-corrected chi connectivity index (χ3v) is 3.29. The average Bonchev–Trinajstić information content (AvgIpc) is 2.81. The van der Waals surface area contributed by atoms with Gasteiger partial charge in [-0.05, 0) is 18.2 Å². The zero-order valence-electron chi connectivity index (χ0n) is 10.7. The summed E-state index contributed by atoms with van der Waals surface area (Å²) in [6.45, 7) is 1.19. The summed E-state index contributed by atoms with van der Waals surface area (Å²) in [5, 5.41) is 12.0. The van der Waals surface area contributed by atoms with Gasteiger partial charge in [0.15, 0.2) is 6.61 Å². The molecule has 1 heterocycles. The molecular weight excluding hydrogens is 305 g/mol. The topological polar surface area (TPSA) is 125 Å². The number of hydrogen-bond acceptors (Lipinski definition) is 7. The molecule has 2 rings (SSSR count). The van der Waals surface area contributed by atoms with Gasteiger partial charge < -0.3 is 9.15 Å². The van der Waals surface area contributed by atoms with Gasteiger partial charge in [-0.1, -0.05) is 0 Å². The number of sulfonamides is 1. The van der Waals surface area contributed by atoms with Crippen LogP contribution in [-0.4, -0.2) is 24.6 Å². The number of esters is 1. The summed E-state index contributed by atoms with van der Waals surface area (Å²) in [6.07, 6.45) is 0. The van der Waals surface area contributed by atoms with Crippen LogP contribution in [0.4, 0.5) is 4.39 Å². The van der Waals surface area contributed by atoms with E-state index in [0.29, 0.717) is 0 Å². The lowest BCUT2D eigenvalue weighted by atomic mass is 10.2. The highest BCUT2D eigenvalue weighted by molar-refractivity contribution is 7.89. The number of aryl methyl sites for hydroxylation is 1. The minimum Gasteiger partial charge on any atom is -0.452 e. The molecule has 1 aromatic carbocycles. The van der Waals surface area contributed by atoms with Gasteiger partial charge in [-0.15, -0.1) is 10.2 Å². The Hall–Kier alpha value is -2.33. The van der Waals surface area contributed by atoms with Gasteiger partial charge in [0.05, 0.1) is 10.5 Å². The van der Waals surface area contributed by atoms with E-state index in [-0.39, 0.29) is 18.4 Å². The van der Waals surface area contributed by atoms with Crippen molar-refractivity contribution in [3.63, 3.8) is 0 Å². The zero-order chi connectivity index (χ0) is 15.6. The van der Waals surface area contributed by atoms with E-state index in [1.54, 1.807) is 6.92 Å². The van der Waals surface area contributed by atoms with Gasteiger partial charge in [-0.25, -0.2) is 22.7 Å².